The van der Waals surface area contributed by atoms with Crippen LogP contribution in [0.2, 0.25) is 0 Å². The van der Waals surface area contributed by atoms with Gasteiger partial charge in [0.25, 0.3) is 0 Å². The maximum atomic E-state index is 5.49. The molecular formula is C23H33N5OS. The van der Waals surface area contributed by atoms with Crippen molar-refractivity contribution in [2.24, 2.45) is 4.99 Å². The van der Waals surface area contributed by atoms with Gasteiger partial charge in [-0.2, -0.15) is 0 Å². The molecule has 1 saturated carbocycles. The first kappa shape index (κ1) is 21.1. The molecule has 1 saturated heterocycles. The largest absolute Gasteiger partial charge is 0.378 e. The molecule has 4 rings (SSSR count). The third-order valence-electron chi connectivity index (χ3n) is 6.30. The number of nitrogens with zero attached hydrogens (tertiary/aromatic N) is 3. The van der Waals surface area contributed by atoms with E-state index in [0.717, 1.165) is 44.6 Å². The molecule has 2 aromatic heterocycles. The second-order valence-electron chi connectivity index (χ2n) is 8.18. The number of hydrogen-bond acceptors (Lipinski definition) is 5. The first-order valence-electron chi connectivity index (χ1n) is 11.1. The minimum Gasteiger partial charge on any atom is -0.378 e. The Kier molecular flexibility index (Phi) is 7.23. The van der Waals surface area contributed by atoms with Crippen molar-refractivity contribution in [3.8, 4) is 0 Å². The van der Waals surface area contributed by atoms with Crippen LogP contribution in [-0.4, -0.2) is 50.8 Å². The van der Waals surface area contributed by atoms with Crippen molar-refractivity contribution in [2.75, 3.05) is 44.8 Å². The standard InChI is InChI=1S/C23H33N5OS/c1-24-22(27-18-23(9-3-2-4-10-23)20-8-6-16-30-20)26-17-19-7-5-11-25-21(19)28-12-14-29-15-13-28/h5-8,11,16H,2-4,9-10,12-15,17-18H2,1H3,(H2,24,26,27). The maximum Gasteiger partial charge on any atom is 0.191 e. The van der Waals surface area contributed by atoms with Crippen molar-refractivity contribution in [3.05, 3.63) is 46.3 Å². The zero-order valence-electron chi connectivity index (χ0n) is 17.9. The number of hydrogen-bond donors (Lipinski definition) is 2. The van der Waals surface area contributed by atoms with Crippen LogP contribution in [0.3, 0.4) is 0 Å². The van der Waals surface area contributed by atoms with E-state index < -0.39 is 0 Å². The average Bonchev–Trinajstić information content (AvgIpc) is 3.36. The summed E-state index contributed by atoms with van der Waals surface area (Å²) in [5, 5.41) is 9.34. The van der Waals surface area contributed by atoms with E-state index in [0.29, 0.717) is 6.54 Å². The summed E-state index contributed by atoms with van der Waals surface area (Å²) in [7, 11) is 1.85. The molecule has 1 aliphatic heterocycles. The molecule has 0 atom stereocenters. The number of anilines is 1. The summed E-state index contributed by atoms with van der Waals surface area (Å²) in [6.07, 6.45) is 8.34. The second kappa shape index (κ2) is 10.3. The summed E-state index contributed by atoms with van der Waals surface area (Å²) in [6, 6.07) is 8.63. The molecule has 30 heavy (non-hydrogen) atoms. The van der Waals surface area contributed by atoms with Gasteiger partial charge in [0, 0.05) is 55.3 Å². The molecular weight excluding hydrogens is 394 g/mol. The van der Waals surface area contributed by atoms with Crippen LogP contribution in [0.1, 0.15) is 42.5 Å². The SMILES string of the molecule is CN=C(NCc1cccnc1N1CCOCC1)NCC1(c2cccs2)CCCCC1. The van der Waals surface area contributed by atoms with Crippen LogP contribution in [0.15, 0.2) is 40.8 Å². The fourth-order valence-corrected chi connectivity index (χ4v) is 5.59. The first-order valence-corrected chi connectivity index (χ1v) is 11.9. The Hall–Kier alpha value is -2.12. The van der Waals surface area contributed by atoms with E-state index in [1.165, 1.54) is 42.5 Å². The predicted octanol–water partition coefficient (Wildman–Crippen LogP) is 3.55. The molecule has 0 unspecified atom stereocenters. The van der Waals surface area contributed by atoms with Crippen molar-refractivity contribution in [3.63, 3.8) is 0 Å². The summed E-state index contributed by atoms with van der Waals surface area (Å²) in [5.41, 5.74) is 1.42. The quantitative estimate of drug-likeness (QED) is 0.545. The molecule has 0 aromatic carbocycles. The Morgan fingerprint density at radius 3 is 2.73 bits per heavy atom. The summed E-state index contributed by atoms with van der Waals surface area (Å²) < 4.78 is 5.49. The molecule has 2 aliphatic rings. The lowest BCUT2D eigenvalue weighted by molar-refractivity contribution is 0.122. The molecule has 162 valence electrons. The van der Waals surface area contributed by atoms with E-state index in [1.54, 1.807) is 0 Å². The van der Waals surface area contributed by atoms with Crippen molar-refractivity contribution in [2.45, 2.75) is 44.1 Å². The zero-order valence-corrected chi connectivity index (χ0v) is 18.7. The highest BCUT2D eigenvalue weighted by atomic mass is 32.1. The maximum absolute atomic E-state index is 5.49. The van der Waals surface area contributed by atoms with Gasteiger partial charge in [-0.05, 0) is 30.4 Å². The Bertz CT molecular complexity index is 811. The van der Waals surface area contributed by atoms with Crippen molar-refractivity contribution in [1.82, 2.24) is 15.6 Å². The number of morpholine rings is 1. The van der Waals surface area contributed by atoms with Crippen molar-refractivity contribution in [1.29, 1.82) is 0 Å². The van der Waals surface area contributed by atoms with Crippen LogP contribution < -0.4 is 15.5 Å². The lowest BCUT2D eigenvalue weighted by atomic mass is 9.73. The van der Waals surface area contributed by atoms with Gasteiger partial charge in [-0.15, -0.1) is 11.3 Å². The van der Waals surface area contributed by atoms with E-state index in [4.69, 9.17) is 4.74 Å². The Morgan fingerprint density at radius 2 is 2.00 bits per heavy atom. The average molecular weight is 428 g/mol. The fourth-order valence-electron chi connectivity index (χ4n) is 4.60. The molecule has 0 radical (unpaired) electrons. The van der Waals surface area contributed by atoms with Gasteiger partial charge in [-0.25, -0.2) is 4.98 Å². The molecule has 0 bridgehead atoms. The highest BCUT2D eigenvalue weighted by Gasteiger charge is 2.34. The summed E-state index contributed by atoms with van der Waals surface area (Å²) in [6.45, 7) is 4.93. The minimum absolute atomic E-state index is 0.233. The molecule has 7 heteroatoms. The highest BCUT2D eigenvalue weighted by Crippen LogP contribution is 2.41. The van der Waals surface area contributed by atoms with Gasteiger partial charge in [0.1, 0.15) is 5.82 Å². The van der Waals surface area contributed by atoms with Gasteiger partial charge >= 0.3 is 0 Å². The minimum atomic E-state index is 0.233. The van der Waals surface area contributed by atoms with Crippen LogP contribution >= 0.6 is 11.3 Å². The molecule has 1 aliphatic carbocycles. The lowest BCUT2D eigenvalue weighted by Crippen LogP contribution is -2.46. The molecule has 2 fully saturated rings. The van der Waals surface area contributed by atoms with Gasteiger partial charge in [0.15, 0.2) is 5.96 Å². The first-order chi connectivity index (χ1) is 14.8. The van der Waals surface area contributed by atoms with Crippen molar-refractivity contribution >= 4 is 23.1 Å². The number of thiophene rings is 1. The van der Waals surface area contributed by atoms with Gasteiger partial charge in [0.05, 0.1) is 13.2 Å². The van der Waals surface area contributed by atoms with E-state index in [9.17, 15) is 0 Å². The van der Waals surface area contributed by atoms with Crippen LogP contribution in [-0.2, 0) is 16.7 Å². The Labute approximate surface area is 183 Å². The molecule has 2 aromatic rings. The molecule has 6 nitrogen and oxygen atoms in total. The van der Waals surface area contributed by atoms with Crippen LogP contribution in [0.4, 0.5) is 5.82 Å². The fraction of sp³-hybridized carbons (Fsp3) is 0.565. The van der Waals surface area contributed by atoms with Gasteiger partial charge in [-0.3, -0.25) is 4.99 Å². The van der Waals surface area contributed by atoms with E-state index in [1.807, 2.05) is 30.6 Å². The zero-order chi connectivity index (χ0) is 20.7. The number of aliphatic imine (C=N–C) groups is 1. The smallest absolute Gasteiger partial charge is 0.191 e. The number of nitrogens with one attached hydrogen (secondary N) is 2. The van der Waals surface area contributed by atoms with Gasteiger partial charge in [-0.1, -0.05) is 31.4 Å². The third-order valence-corrected chi connectivity index (χ3v) is 7.41. The third kappa shape index (κ3) is 4.95. The topological polar surface area (TPSA) is 61.8 Å². The van der Waals surface area contributed by atoms with Gasteiger partial charge in [0.2, 0.25) is 0 Å². The number of aromatic nitrogens is 1. The predicted molar refractivity (Wildman–Crippen MR) is 125 cm³/mol. The van der Waals surface area contributed by atoms with Crippen LogP contribution in [0, 0.1) is 0 Å². The second-order valence-corrected chi connectivity index (χ2v) is 9.13. The summed E-state index contributed by atoms with van der Waals surface area (Å²) >= 11 is 1.89. The Balaban J connectivity index is 1.39. The van der Waals surface area contributed by atoms with Crippen LogP contribution in [0.25, 0.3) is 0 Å². The molecule has 0 amide bonds. The summed E-state index contributed by atoms with van der Waals surface area (Å²) in [5.74, 6) is 1.90. The monoisotopic (exact) mass is 427 g/mol. The van der Waals surface area contributed by atoms with Gasteiger partial charge < -0.3 is 20.3 Å². The highest BCUT2D eigenvalue weighted by molar-refractivity contribution is 7.10. The number of guanidine groups is 1. The van der Waals surface area contributed by atoms with Crippen LogP contribution in [0.5, 0.6) is 0 Å². The number of ether oxygens (including phenoxy) is 1. The van der Waals surface area contributed by atoms with E-state index >= 15 is 0 Å². The van der Waals surface area contributed by atoms with Crippen molar-refractivity contribution < 1.29 is 4.74 Å². The number of pyridine rings is 1. The van der Waals surface area contributed by atoms with E-state index in [-0.39, 0.29) is 5.41 Å². The number of rotatable bonds is 6. The Morgan fingerprint density at radius 1 is 1.17 bits per heavy atom. The molecule has 0 spiro atoms. The lowest BCUT2D eigenvalue weighted by Gasteiger charge is -2.37. The molecule has 3 heterocycles. The van der Waals surface area contributed by atoms with E-state index in [2.05, 4.69) is 49.1 Å². The normalized spacial score (nSPS) is 19.5. The molecule has 2 N–H and O–H groups in total. The summed E-state index contributed by atoms with van der Waals surface area (Å²) in [4.78, 5) is 12.9.